The summed E-state index contributed by atoms with van der Waals surface area (Å²) in [5.41, 5.74) is 4.98. The largest absolute Gasteiger partial charge is 0.322 e. The molecule has 0 aliphatic carbocycles. The van der Waals surface area contributed by atoms with Gasteiger partial charge in [0.25, 0.3) is 5.91 Å². The number of benzene rings is 3. The minimum Gasteiger partial charge on any atom is -0.322 e. The van der Waals surface area contributed by atoms with Crippen molar-refractivity contribution in [3.8, 4) is 0 Å². The van der Waals surface area contributed by atoms with E-state index in [2.05, 4.69) is 10.3 Å². The maximum Gasteiger partial charge on any atom is 0.255 e. The number of pyridine rings is 1. The fraction of sp³-hybridized carbons (Fsp3) is 0.0769. The molecule has 0 spiro atoms. The van der Waals surface area contributed by atoms with Crippen LogP contribution in [0.15, 0.2) is 102 Å². The van der Waals surface area contributed by atoms with Crippen LogP contribution in [-0.4, -0.2) is 10.9 Å². The van der Waals surface area contributed by atoms with Crippen LogP contribution >= 0.6 is 23.4 Å². The first-order chi connectivity index (χ1) is 15.2. The molecule has 5 heteroatoms. The molecule has 4 rings (SSSR count). The fourth-order valence-corrected chi connectivity index (χ4v) is 4.08. The first kappa shape index (κ1) is 21.2. The molecule has 0 radical (unpaired) electrons. The molecule has 154 valence electrons. The van der Waals surface area contributed by atoms with Crippen molar-refractivity contribution < 1.29 is 4.79 Å². The van der Waals surface area contributed by atoms with Gasteiger partial charge in [0, 0.05) is 39.3 Å². The van der Waals surface area contributed by atoms with Crippen LogP contribution in [-0.2, 0) is 12.2 Å². The van der Waals surface area contributed by atoms with E-state index >= 15 is 0 Å². The zero-order valence-corrected chi connectivity index (χ0v) is 18.4. The first-order valence-corrected chi connectivity index (χ1v) is 11.3. The topological polar surface area (TPSA) is 42.0 Å². The van der Waals surface area contributed by atoms with E-state index in [4.69, 9.17) is 11.6 Å². The number of anilines is 1. The van der Waals surface area contributed by atoms with Crippen LogP contribution in [0.3, 0.4) is 0 Å². The van der Waals surface area contributed by atoms with E-state index in [1.54, 1.807) is 24.2 Å². The smallest absolute Gasteiger partial charge is 0.255 e. The maximum absolute atomic E-state index is 12.6. The number of hydrogen-bond acceptors (Lipinski definition) is 3. The number of nitrogens with zero attached hydrogens (tertiary/aromatic N) is 1. The quantitative estimate of drug-likeness (QED) is 0.316. The SMILES string of the molecule is O=C(Nc1ccc(Cc2ccncc2)cc1)c1ccc(CSc2ccc(Cl)cc2)cc1. The molecular formula is C26H21ClN2OS. The Morgan fingerprint density at radius 1 is 0.774 bits per heavy atom. The maximum atomic E-state index is 12.6. The van der Waals surface area contributed by atoms with Gasteiger partial charge >= 0.3 is 0 Å². The van der Waals surface area contributed by atoms with Crippen molar-refractivity contribution in [2.45, 2.75) is 17.1 Å². The second-order valence-corrected chi connectivity index (χ2v) is 8.61. The Balaban J connectivity index is 1.31. The van der Waals surface area contributed by atoms with Gasteiger partial charge in [-0.3, -0.25) is 9.78 Å². The normalized spacial score (nSPS) is 10.6. The van der Waals surface area contributed by atoms with Gasteiger partial charge in [-0.15, -0.1) is 11.8 Å². The molecular weight excluding hydrogens is 424 g/mol. The number of nitrogens with one attached hydrogen (secondary N) is 1. The Bertz CT molecular complexity index is 1130. The third-order valence-electron chi connectivity index (χ3n) is 4.80. The van der Waals surface area contributed by atoms with Crippen molar-refractivity contribution in [1.29, 1.82) is 0 Å². The molecule has 1 N–H and O–H groups in total. The van der Waals surface area contributed by atoms with Gasteiger partial charge in [-0.1, -0.05) is 35.9 Å². The lowest BCUT2D eigenvalue weighted by molar-refractivity contribution is 0.102. The Morgan fingerprint density at radius 2 is 1.39 bits per heavy atom. The summed E-state index contributed by atoms with van der Waals surface area (Å²) in [7, 11) is 0. The lowest BCUT2D eigenvalue weighted by Gasteiger charge is -2.08. The molecule has 0 aliphatic rings. The van der Waals surface area contributed by atoms with Gasteiger partial charge in [0.05, 0.1) is 0 Å². The summed E-state index contributed by atoms with van der Waals surface area (Å²) >= 11 is 7.66. The molecule has 0 aliphatic heterocycles. The second-order valence-electron chi connectivity index (χ2n) is 7.12. The predicted octanol–water partition coefficient (Wildman–Crippen LogP) is 6.87. The van der Waals surface area contributed by atoms with E-state index in [9.17, 15) is 4.79 Å². The summed E-state index contributed by atoms with van der Waals surface area (Å²) in [6, 6.07) is 27.5. The number of hydrogen-bond donors (Lipinski definition) is 1. The Morgan fingerprint density at radius 3 is 2.06 bits per heavy atom. The lowest BCUT2D eigenvalue weighted by atomic mass is 10.1. The average Bonchev–Trinajstić information content (AvgIpc) is 2.81. The minimum absolute atomic E-state index is 0.112. The predicted molar refractivity (Wildman–Crippen MR) is 129 cm³/mol. The van der Waals surface area contributed by atoms with Gasteiger partial charge < -0.3 is 5.32 Å². The standard InChI is InChI=1S/C26H21ClN2OS/c27-23-7-11-25(12-8-23)31-18-21-1-5-22(6-2-21)26(30)29-24-9-3-19(4-10-24)17-20-13-15-28-16-14-20/h1-16H,17-18H2,(H,29,30). The molecule has 0 saturated heterocycles. The number of amides is 1. The average molecular weight is 445 g/mol. The highest BCUT2D eigenvalue weighted by Crippen LogP contribution is 2.24. The Hall–Kier alpha value is -3.08. The van der Waals surface area contributed by atoms with Gasteiger partial charge in [0.2, 0.25) is 0 Å². The van der Waals surface area contributed by atoms with Crippen LogP contribution in [0.2, 0.25) is 5.02 Å². The van der Waals surface area contributed by atoms with E-state index in [1.807, 2.05) is 84.9 Å². The monoisotopic (exact) mass is 444 g/mol. The van der Waals surface area contributed by atoms with Gasteiger partial charge in [-0.05, 0) is 83.8 Å². The molecule has 3 nitrogen and oxygen atoms in total. The molecule has 1 heterocycles. The Kier molecular flexibility index (Phi) is 7.03. The van der Waals surface area contributed by atoms with E-state index in [0.717, 1.165) is 28.4 Å². The van der Waals surface area contributed by atoms with Crippen LogP contribution < -0.4 is 5.32 Å². The van der Waals surface area contributed by atoms with E-state index in [-0.39, 0.29) is 5.91 Å². The molecule has 3 aromatic carbocycles. The molecule has 0 saturated carbocycles. The molecule has 0 fully saturated rings. The molecule has 1 aromatic heterocycles. The van der Waals surface area contributed by atoms with Crippen molar-refractivity contribution in [2.75, 3.05) is 5.32 Å². The van der Waals surface area contributed by atoms with Crippen molar-refractivity contribution >= 4 is 35.0 Å². The number of aromatic nitrogens is 1. The number of rotatable bonds is 7. The minimum atomic E-state index is -0.112. The van der Waals surface area contributed by atoms with Crippen LogP contribution in [0, 0.1) is 0 Å². The van der Waals surface area contributed by atoms with Gasteiger partial charge in [0.1, 0.15) is 0 Å². The van der Waals surface area contributed by atoms with Crippen LogP contribution in [0.4, 0.5) is 5.69 Å². The molecule has 1 amide bonds. The molecule has 31 heavy (non-hydrogen) atoms. The Labute approximate surface area is 191 Å². The van der Waals surface area contributed by atoms with Crippen molar-refractivity contribution in [2.24, 2.45) is 0 Å². The van der Waals surface area contributed by atoms with Gasteiger partial charge in [-0.2, -0.15) is 0 Å². The van der Waals surface area contributed by atoms with Crippen LogP contribution in [0.1, 0.15) is 27.0 Å². The van der Waals surface area contributed by atoms with Gasteiger partial charge in [-0.25, -0.2) is 0 Å². The van der Waals surface area contributed by atoms with E-state index in [0.29, 0.717) is 5.56 Å². The third-order valence-corrected chi connectivity index (χ3v) is 6.14. The molecule has 0 atom stereocenters. The van der Waals surface area contributed by atoms with Crippen LogP contribution in [0.5, 0.6) is 0 Å². The highest BCUT2D eigenvalue weighted by atomic mass is 35.5. The molecule has 0 bridgehead atoms. The van der Waals surface area contributed by atoms with Crippen molar-refractivity contribution in [1.82, 2.24) is 4.98 Å². The third kappa shape index (κ3) is 6.20. The van der Waals surface area contributed by atoms with Crippen molar-refractivity contribution in [3.05, 3.63) is 125 Å². The lowest BCUT2D eigenvalue weighted by Crippen LogP contribution is -2.11. The summed E-state index contributed by atoms with van der Waals surface area (Å²) in [5.74, 6) is 0.724. The zero-order valence-electron chi connectivity index (χ0n) is 16.8. The number of carbonyl (C=O) groups is 1. The number of carbonyl (C=O) groups excluding carboxylic acids is 1. The molecule has 4 aromatic rings. The number of thioether (sulfide) groups is 1. The highest BCUT2D eigenvalue weighted by molar-refractivity contribution is 7.98. The van der Waals surface area contributed by atoms with Crippen molar-refractivity contribution in [3.63, 3.8) is 0 Å². The summed E-state index contributed by atoms with van der Waals surface area (Å²) in [5, 5.41) is 3.70. The van der Waals surface area contributed by atoms with E-state index < -0.39 is 0 Å². The summed E-state index contributed by atoms with van der Waals surface area (Å²) in [6.07, 6.45) is 4.43. The summed E-state index contributed by atoms with van der Waals surface area (Å²) in [4.78, 5) is 17.8. The fourth-order valence-electron chi connectivity index (χ4n) is 3.10. The summed E-state index contributed by atoms with van der Waals surface area (Å²) in [6.45, 7) is 0. The summed E-state index contributed by atoms with van der Waals surface area (Å²) < 4.78 is 0. The number of halogens is 1. The first-order valence-electron chi connectivity index (χ1n) is 9.92. The highest BCUT2D eigenvalue weighted by Gasteiger charge is 2.07. The van der Waals surface area contributed by atoms with E-state index in [1.165, 1.54) is 16.0 Å². The second kappa shape index (κ2) is 10.3. The van der Waals surface area contributed by atoms with Crippen LogP contribution in [0.25, 0.3) is 0 Å². The zero-order chi connectivity index (χ0) is 21.5. The molecule has 0 unspecified atom stereocenters. The van der Waals surface area contributed by atoms with Gasteiger partial charge in [0.15, 0.2) is 0 Å².